The lowest BCUT2D eigenvalue weighted by atomic mass is 9.95. The van der Waals surface area contributed by atoms with Gasteiger partial charge in [-0.2, -0.15) is 0 Å². The van der Waals surface area contributed by atoms with Crippen molar-refractivity contribution < 1.29 is 19.1 Å². The summed E-state index contributed by atoms with van der Waals surface area (Å²) < 4.78 is 12.2. The molecule has 0 saturated carbocycles. The van der Waals surface area contributed by atoms with E-state index in [0.29, 0.717) is 31.2 Å². The van der Waals surface area contributed by atoms with E-state index in [0.717, 1.165) is 36.0 Å². The first-order valence-corrected chi connectivity index (χ1v) is 12.5. The number of allylic oxidation sites excluding steroid dienone is 2. The summed E-state index contributed by atoms with van der Waals surface area (Å²) in [6, 6.07) is 15.7. The summed E-state index contributed by atoms with van der Waals surface area (Å²) >= 11 is 5.40. The Morgan fingerprint density at radius 3 is 2.26 bits per heavy atom. The van der Waals surface area contributed by atoms with Crippen LogP contribution in [0.15, 0.2) is 65.9 Å². The standard InChI is InChI=1S/C28H30N2O4S/c1-4-7-13-20-16-24(25-26(31)29(5-2)28(35)30(6-3)27(25)32)34-23-17-21(14-15-22(20)23)33-18-19-11-9-8-10-12-19/h8-12,14-17H,4-7,13,18H2,1-3H3. The summed E-state index contributed by atoms with van der Waals surface area (Å²) in [5.74, 6) is 0.646. The fraction of sp³-hybridized carbons (Fsp3) is 0.321. The van der Waals surface area contributed by atoms with Gasteiger partial charge in [0.1, 0.15) is 29.4 Å². The van der Waals surface area contributed by atoms with E-state index in [1.54, 1.807) is 0 Å². The van der Waals surface area contributed by atoms with Gasteiger partial charge < -0.3 is 9.47 Å². The zero-order valence-corrected chi connectivity index (χ0v) is 21.2. The van der Waals surface area contributed by atoms with Crippen LogP contribution in [0.1, 0.15) is 51.2 Å². The Balaban J connectivity index is 1.73. The molecule has 182 valence electrons. The van der Waals surface area contributed by atoms with Crippen molar-refractivity contribution >= 4 is 34.7 Å². The molecule has 0 aromatic heterocycles. The number of likely N-dealkylation sites (N-methyl/N-ethyl adjacent to an activating group) is 2. The maximum atomic E-state index is 13.3. The Hall–Kier alpha value is -3.45. The molecule has 4 rings (SSSR count). The molecule has 1 fully saturated rings. The molecule has 0 atom stereocenters. The van der Waals surface area contributed by atoms with Crippen LogP contribution < -0.4 is 9.47 Å². The van der Waals surface area contributed by atoms with Crippen molar-refractivity contribution in [3.63, 3.8) is 0 Å². The number of fused-ring (bicyclic) bond motifs is 1. The lowest BCUT2D eigenvalue weighted by Crippen LogP contribution is -2.56. The molecule has 0 radical (unpaired) electrons. The maximum Gasteiger partial charge on any atom is 0.269 e. The van der Waals surface area contributed by atoms with Gasteiger partial charge in [0.05, 0.1) is 0 Å². The van der Waals surface area contributed by atoms with Crippen molar-refractivity contribution in [2.45, 2.75) is 46.6 Å². The maximum absolute atomic E-state index is 13.3. The van der Waals surface area contributed by atoms with Crippen LogP contribution in [0.25, 0.3) is 5.57 Å². The minimum absolute atomic E-state index is 0.0116. The molecule has 7 heteroatoms. The minimum atomic E-state index is -0.423. The average Bonchev–Trinajstić information content (AvgIpc) is 2.87. The largest absolute Gasteiger partial charge is 0.489 e. The molecule has 2 aliphatic heterocycles. The van der Waals surface area contributed by atoms with Gasteiger partial charge in [0.15, 0.2) is 5.11 Å². The van der Waals surface area contributed by atoms with Crippen LogP contribution in [-0.4, -0.2) is 39.8 Å². The predicted octanol–water partition coefficient (Wildman–Crippen LogP) is 5.48. The zero-order valence-electron chi connectivity index (χ0n) is 20.4. The van der Waals surface area contributed by atoms with Gasteiger partial charge in [-0.05, 0) is 68.3 Å². The van der Waals surface area contributed by atoms with Crippen molar-refractivity contribution in [3.8, 4) is 11.5 Å². The van der Waals surface area contributed by atoms with Crippen molar-refractivity contribution in [2.24, 2.45) is 0 Å². The molecule has 6 nitrogen and oxygen atoms in total. The number of nitrogens with zero attached hydrogens (tertiary/aromatic N) is 2. The van der Waals surface area contributed by atoms with Gasteiger partial charge in [0.25, 0.3) is 11.8 Å². The second kappa shape index (κ2) is 10.9. The highest BCUT2D eigenvalue weighted by Crippen LogP contribution is 2.40. The van der Waals surface area contributed by atoms with Crippen LogP contribution >= 0.6 is 12.2 Å². The molecule has 0 aliphatic carbocycles. The molecule has 0 spiro atoms. The summed E-state index contributed by atoms with van der Waals surface area (Å²) in [6.07, 6.45) is 4.65. The van der Waals surface area contributed by atoms with E-state index >= 15 is 0 Å². The van der Waals surface area contributed by atoms with Crippen molar-refractivity contribution in [1.82, 2.24) is 9.80 Å². The molecule has 2 amide bonds. The Morgan fingerprint density at radius 2 is 1.63 bits per heavy atom. The topological polar surface area (TPSA) is 59.1 Å². The summed E-state index contributed by atoms with van der Waals surface area (Å²) in [5.41, 5.74) is 3.05. The number of carbonyl (C=O) groups is 2. The Kier molecular flexibility index (Phi) is 7.66. The molecule has 0 unspecified atom stereocenters. The van der Waals surface area contributed by atoms with Crippen molar-refractivity contribution in [1.29, 1.82) is 0 Å². The molecule has 35 heavy (non-hydrogen) atoms. The molecule has 2 aliphatic rings. The Labute approximate surface area is 211 Å². The number of ether oxygens (including phenoxy) is 2. The highest BCUT2D eigenvalue weighted by atomic mass is 32.1. The number of hydrogen-bond donors (Lipinski definition) is 0. The van der Waals surface area contributed by atoms with Gasteiger partial charge >= 0.3 is 0 Å². The number of benzene rings is 2. The second-order valence-corrected chi connectivity index (χ2v) is 8.79. The predicted molar refractivity (Wildman–Crippen MR) is 140 cm³/mol. The Bertz CT molecular complexity index is 1170. The summed E-state index contributed by atoms with van der Waals surface area (Å²) in [6.45, 7) is 6.99. The van der Waals surface area contributed by atoms with E-state index < -0.39 is 11.8 Å². The van der Waals surface area contributed by atoms with Crippen molar-refractivity contribution in [3.05, 3.63) is 77.1 Å². The fourth-order valence-electron chi connectivity index (χ4n) is 4.21. The lowest BCUT2D eigenvalue weighted by Gasteiger charge is -2.36. The van der Waals surface area contributed by atoms with E-state index in [-0.39, 0.29) is 16.4 Å². The third-order valence-corrected chi connectivity index (χ3v) is 6.57. The van der Waals surface area contributed by atoms with E-state index in [1.807, 2.05) is 68.5 Å². The van der Waals surface area contributed by atoms with Crippen molar-refractivity contribution in [2.75, 3.05) is 13.1 Å². The van der Waals surface area contributed by atoms with E-state index in [1.165, 1.54) is 9.80 Å². The SMILES string of the molecule is CCCCC1=CC(=C2C(=O)N(CC)C(=S)N(CC)C2=O)Oc2cc(OCc3ccccc3)ccc21. The first-order valence-electron chi connectivity index (χ1n) is 12.1. The number of unbranched alkanes of at least 4 members (excludes halogenated alkanes) is 1. The van der Waals surface area contributed by atoms with Crippen LogP contribution in [-0.2, 0) is 16.2 Å². The van der Waals surface area contributed by atoms with Crippen LogP contribution in [0.3, 0.4) is 0 Å². The molecular weight excluding hydrogens is 460 g/mol. The molecule has 2 aromatic rings. The molecule has 1 saturated heterocycles. The zero-order chi connectivity index (χ0) is 24.9. The summed E-state index contributed by atoms with van der Waals surface area (Å²) in [5, 5.41) is 0.234. The Morgan fingerprint density at radius 1 is 0.943 bits per heavy atom. The van der Waals surface area contributed by atoms with Crippen LogP contribution in [0.2, 0.25) is 0 Å². The molecule has 2 aromatic carbocycles. The molecule has 2 heterocycles. The number of hydrogen-bond acceptors (Lipinski definition) is 5. The normalized spacial score (nSPS) is 15.7. The van der Waals surface area contributed by atoms with Gasteiger partial charge in [-0.1, -0.05) is 43.7 Å². The highest BCUT2D eigenvalue weighted by Gasteiger charge is 2.41. The van der Waals surface area contributed by atoms with Gasteiger partial charge in [0, 0.05) is 24.7 Å². The molecular formula is C28H30N2O4S. The van der Waals surface area contributed by atoms with Crippen LogP contribution in [0.5, 0.6) is 11.5 Å². The third-order valence-electron chi connectivity index (χ3n) is 6.13. The number of thiocarbonyl (C=S) groups is 1. The molecule has 0 bridgehead atoms. The smallest absolute Gasteiger partial charge is 0.269 e. The monoisotopic (exact) mass is 490 g/mol. The number of carbonyl (C=O) groups excluding carboxylic acids is 2. The quantitative estimate of drug-likeness (QED) is 0.279. The van der Waals surface area contributed by atoms with Crippen LogP contribution in [0.4, 0.5) is 0 Å². The summed E-state index contributed by atoms with van der Waals surface area (Å²) in [7, 11) is 0. The first kappa shape index (κ1) is 24.7. The van der Waals surface area contributed by atoms with Gasteiger partial charge in [0.2, 0.25) is 0 Å². The highest BCUT2D eigenvalue weighted by molar-refractivity contribution is 7.80. The minimum Gasteiger partial charge on any atom is -0.489 e. The fourth-order valence-corrected chi connectivity index (χ4v) is 4.64. The van der Waals surface area contributed by atoms with Crippen LogP contribution in [0, 0.1) is 0 Å². The first-order chi connectivity index (χ1) is 17.0. The summed E-state index contributed by atoms with van der Waals surface area (Å²) in [4.78, 5) is 29.5. The van der Waals surface area contributed by atoms with E-state index in [9.17, 15) is 9.59 Å². The number of amides is 2. The second-order valence-electron chi connectivity index (χ2n) is 8.43. The van der Waals surface area contributed by atoms with E-state index in [4.69, 9.17) is 21.7 Å². The number of rotatable bonds is 8. The van der Waals surface area contributed by atoms with E-state index in [2.05, 4.69) is 6.92 Å². The third kappa shape index (κ3) is 5.00. The lowest BCUT2D eigenvalue weighted by molar-refractivity contribution is -0.133. The van der Waals surface area contributed by atoms with Gasteiger partial charge in [-0.3, -0.25) is 19.4 Å². The average molecular weight is 491 g/mol. The molecule has 0 N–H and O–H groups in total. The van der Waals surface area contributed by atoms with Gasteiger partial charge in [-0.25, -0.2) is 0 Å². The van der Waals surface area contributed by atoms with Gasteiger partial charge in [-0.15, -0.1) is 0 Å².